The Labute approximate surface area is 156 Å². The van der Waals surface area contributed by atoms with Crippen LogP contribution in [-0.2, 0) is 6.54 Å². The summed E-state index contributed by atoms with van der Waals surface area (Å²) >= 11 is 6.20. The van der Waals surface area contributed by atoms with Gasteiger partial charge < -0.3 is 14.6 Å². The molecule has 26 heavy (non-hydrogen) atoms. The fourth-order valence-electron chi connectivity index (χ4n) is 2.94. The zero-order valence-corrected chi connectivity index (χ0v) is 15.6. The number of nitrogens with one attached hydrogen (secondary N) is 1. The normalized spacial score (nSPS) is 10.8. The zero-order valence-electron chi connectivity index (χ0n) is 14.8. The van der Waals surface area contributed by atoms with Gasteiger partial charge in [-0.05, 0) is 55.8 Å². The number of fused-ring (bicyclic) bond motifs is 1. The highest BCUT2D eigenvalue weighted by molar-refractivity contribution is 6.32. The Bertz CT molecular complexity index is 1040. The smallest absolute Gasteiger partial charge is 0.261 e. The van der Waals surface area contributed by atoms with Crippen molar-refractivity contribution in [3.05, 3.63) is 69.0 Å². The number of amides is 1. The first-order chi connectivity index (χ1) is 12.5. The van der Waals surface area contributed by atoms with E-state index in [4.69, 9.17) is 16.3 Å². The van der Waals surface area contributed by atoms with E-state index in [0.29, 0.717) is 28.4 Å². The number of anilines is 1. The molecule has 0 aliphatic rings. The van der Waals surface area contributed by atoms with E-state index in [2.05, 4.69) is 5.32 Å². The molecule has 1 amide bonds. The van der Waals surface area contributed by atoms with Crippen LogP contribution in [0.1, 0.15) is 22.8 Å². The van der Waals surface area contributed by atoms with E-state index >= 15 is 0 Å². The van der Waals surface area contributed by atoms with Gasteiger partial charge in [-0.1, -0.05) is 11.6 Å². The average Bonchev–Trinajstić information content (AvgIpc) is 2.65. The van der Waals surface area contributed by atoms with Crippen LogP contribution in [0.15, 0.2) is 47.4 Å². The molecule has 2 aromatic carbocycles. The van der Waals surface area contributed by atoms with Gasteiger partial charge in [0.05, 0.1) is 12.6 Å². The number of halogens is 1. The maximum Gasteiger partial charge on any atom is 0.261 e. The molecule has 0 saturated carbocycles. The van der Waals surface area contributed by atoms with Gasteiger partial charge in [0.15, 0.2) is 0 Å². The van der Waals surface area contributed by atoms with Gasteiger partial charge in [0.1, 0.15) is 11.3 Å². The quantitative estimate of drug-likeness (QED) is 0.747. The molecular weight excluding hydrogens is 352 g/mol. The van der Waals surface area contributed by atoms with Crippen molar-refractivity contribution in [2.45, 2.75) is 20.4 Å². The standard InChI is InChI=1S/C20H19ClN2O3/c1-4-23-11-16(19(24)15-9-10-17(21)12(2)18(15)23)20(25)22-13-5-7-14(26-3)8-6-13/h5-11H,4H2,1-3H3,(H,22,25). The van der Waals surface area contributed by atoms with Gasteiger partial charge >= 0.3 is 0 Å². The van der Waals surface area contributed by atoms with Crippen molar-refractivity contribution < 1.29 is 9.53 Å². The molecule has 0 spiro atoms. The molecule has 0 aliphatic carbocycles. The highest BCUT2D eigenvalue weighted by Gasteiger charge is 2.17. The predicted octanol–water partition coefficient (Wildman–Crippen LogP) is 4.24. The lowest BCUT2D eigenvalue weighted by molar-refractivity contribution is 0.102. The lowest BCUT2D eigenvalue weighted by atomic mass is 10.1. The maximum atomic E-state index is 12.9. The van der Waals surface area contributed by atoms with Crippen molar-refractivity contribution in [2.75, 3.05) is 12.4 Å². The van der Waals surface area contributed by atoms with Gasteiger partial charge in [0.25, 0.3) is 5.91 Å². The van der Waals surface area contributed by atoms with Crippen LogP contribution in [0.5, 0.6) is 5.75 Å². The Morgan fingerprint density at radius 3 is 2.50 bits per heavy atom. The van der Waals surface area contributed by atoms with Crippen molar-refractivity contribution >= 4 is 34.1 Å². The number of ether oxygens (including phenoxy) is 1. The van der Waals surface area contributed by atoms with Gasteiger partial charge in [-0.15, -0.1) is 0 Å². The van der Waals surface area contributed by atoms with Crippen LogP contribution in [0.25, 0.3) is 10.9 Å². The Balaban J connectivity index is 2.06. The molecule has 3 aromatic rings. The number of carbonyl (C=O) groups is 1. The van der Waals surface area contributed by atoms with Gasteiger partial charge in [-0.3, -0.25) is 9.59 Å². The van der Waals surface area contributed by atoms with E-state index in [1.807, 2.05) is 18.4 Å². The van der Waals surface area contributed by atoms with E-state index < -0.39 is 5.91 Å². The second-order valence-electron chi connectivity index (χ2n) is 5.91. The molecule has 0 atom stereocenters. The zero-order chi connectivity index (χ0) is 18.8. The van der Waals surface area contributed by atoms with Crippen LogP contribution < -0.4 is 15.5 Å². The summed E-state index contributed by atoms with van der Waals surface area (Å²) in [6.07, 6.45) is 1.59. The van der Waals surface area contributed by atoms with Gasteiger partial charge in [0, 0.05) is 28.8 Å². The van der Waals surface area contributed by atoms with Crippen molar-refractivity contribution in [1.82, 2.24) is 4.57 Å². The Hall–Kier alpha value is -2.79. The topological polar surface area (TPSA) is 60.3 Å². The minimum Gasteiger partial charge on any atom is -0.497 e. The Morgan fingerprint density at radius 1 is 1.19 bits per heavy atom. The summed E-state index contributed by atoms with van der Waals surface area (Å²) in [6, 6.07) is 10.3. The number of carbonyl (C=O) groups excluding carboxylic acids is 1. The van der Waals surface area contributed by atoms with Gasteiger partial charge in [-0.2, -0.15) is 0 Å². The summed E-state index contributed by atoms with van der Waals surface area (Å²) < 4.78 is 6.98. The molecule has 134 valence electrons. The highest BCUT2D eigenvalue weighted by Crippen LogP contribution is 2.24. The molecule has 0 fully saturated rings. The van der Waals surface area contributed by atoms with Crippen molar-refractivity contribution in [3.8, 4) is 5.75 Å². The van der Waals surface area contributed by atoms with Crippen molar-refractivity contribution in [1.29, 1.82) is 0 Å². The number of hydrogen-bond donors (Lipinski definition) is 1. The second kappa shape index (κ2) is 7.22. The molecule has 3 rings (SSSR count). The molecule has 1 heterocycles. The lowest BCUT2D eigenvalue weighted by Gasteiger charge is -2.14. The van der Waals surface area contributed by atoms with Crippen molar-refractivity contribution in [2.24, 2.45) is 0 Å². The summed E-state index contributed by atoms with van der Waals surface area (Å²) in [5, 5.41) is 3.83. The molecule has 5 nitrogen and oxygen atoms in total. The Kier molecular flexibility index (Phi) is 5.00. The summed E-state index contributed by atoms with van der Waals surface area (Å²) in [4.78, 5) is 25.5. The monoisotopic (exact) mass is 370 g/mol. The van der Waals surface area contributed by atoms with E-state index in [1.165, 1.54) is 0 Å². The molecule has 1 aromatic heterocycles. The third-order valence-electron chi connectivity index (χ3n) is 4.36. The molecule has 0 unspecified atom stereocenters. The third-order valence-corrected chi connectivity index (χ3v) is 4.77. The first kappa shape index (κ1) is 18.0. The maximum absolute atomic E-state index is 12.9. The third kappa shape index (κ3) is 3.18. The largest absolute Gasteiger partial charge is 0.497 e. The number of benzene rings is 2. The molecule has 6 heteroatoms. The number of nitrogens with zero attached hydrogens (tertiary/aromatic N) is 1. The van der Waals surface area contributed by atoms with Crippen LogP contribution >= 0.6 is 11.6 Å². The SMILES string of the molecule is CCn1cc(C(=O)Nc2ccc(OC)cc2)c(=O)c2ccc(Cl)c(C)c21. The minimum absolute atomic E-state index is 0.0943. The average molecular weight is 371 g/mol. The van der Waals surface area contributed by atoms with E-state index in [-0.39, 0.29) is 11.0 Å². The summed E-state index contributed by atoms with van der Waals surface area (Å²) in [6.45, 7) is 4.43. The highest BCUT2D eigenvalue weighted by atomic mass is 35.5. The van der Waals surface area contributed by atoms with Crippen molar-refractivity contribution in [3.63, 3.8) is 0 Å². The fraction of sp³-hybridized carbons (Fsp3) is 0.200. The van der Waals surface area contributed by atoms with E-state index in [9.17, 15) is 9.59 Å². The molecule has 0 saturated heterocycles. The van der Waals surface area contributed by atoms with Gasteiger partial charge in [-0.25, -0.2) is 0 Å². The summed E-state index contributed by atoms with van der Waals surface area (Å²) in [5.74, 6) is 0.242. The molecular formula is C20H19ClN2O3. The van der Waals surface area contributed by atoms with E-state index in [1.54, 1.807) is 49.7 Å². The summed E-state index contributed by atoms with van der Waals surface area (Å²) in [5.41, 5.74) is 1.95. The first-order valence-electron chi connectivity index (χ1n) is 8.24. The number of rotatable bonds is 4. The van der Waals surface area contributed by atoms with Crippen LogP contribution in [0.2, 0.25) is 5.02 Å². The Morgan fingerprint density at radius 2 is 1.88 bits per heavy atom. The molecule has 1 N–H and O–H groups in total. The number of aryl methyl sites for hydroxylation is 2. The number of pyridine rings is 1. The van der Waals surface area contributed by atoms with Crippen LogP contribution in [0.3, 0.4) is 0 Å². The number of methoxy groups -OCH3 is 1. The number of aromatic nitrogens is 1. The van der Waals surface area contributed by atoms with Crippen LogP contribution in [-0.4, -0.2) is 17.6 Å². The van der Waals surface area contributed by atoms with Crippen LogP contribution in [0.4, 0.5) is 5.69 Å². The van der Waals surface area contributed by atoms with Crippen LogP contribution in [0, 0.1) is 6.92 Å². The number of hydrogen-bond acceptors (Lipinski definition) is 3. The molecule has 0 bridgehead atoms. The molecule has 0 radical (unpaired) electrons. The minimum atomic E-state index is -0.447. The van der Waals surface area contributed by atoms with Gasteiger partial charge in [0.2, 0.25) is 5.43 Å². The lowest BCUT2D eigenvalue weighted by Crippen LogP contribution is -2.24. The second-order valence-corrected chi connectivity index (χ2v) is 6.32. The summed E-state index contributed by atoms with van der Waals surface area (Å²) in [7, 11) is 1.57. The predicted molar refractivity (Wildman–Crippen MR) is 105 cm³/mol. The molecule has 0 aliphatic heterocycles. The fourth-order valence-corrected chi connectivity index (χ4v) is 3.09. The van der Waals surface area contributed by atoms with E-state index in [0.717, 1.165) is 11.1 Å². The first-order valence-corrected chi connectivity index (χ1v) is 8.61.